The minimum Gasteiger partial charge on any atom is -0.378 e. The van der Waals surface area contributed by atoms with Crippen LogP contribution in [0.5, 0.6) is 0 Å². The molecule has 0 saturated carbocycles. The van der Waals surface area contributed by atoms with Gasteiger partial charge in [-0.05, 0) is 24.1 Å². The number of hydrogen-bond donors (Lipinski definition) is 0. The molecule has 0 radical (unpaired) electrons. The lowest BCUT2D eigenvalue weighted by Gasteiger charge is -2.26. The smallest absolute Gasteiger partial charge is 0.378 e. The molecule has 10 heteroatoms. The van der Waals surface area contributed by atoms with Gasteiger partial charge in [-0.15, -0.1) is 0 Å². The highest BCUT2D eigenvalue weighted by molar-refractivity contribution is 5.83. The Morgan fingerprint density at radius 1 is 1.00 bits per heavy atom. The Morgan fingerprint density at radius 3 is 2.49 bits per heavy atom. The Hall–Kier alpha value is -3.53. The Bertz CT molecular complexity index is 1390. The summed E-state index contributed by atoms with van der Waals surface area (Å²) in [6.07, 6.45) is -0.318. The van der Waals surface area contributed by atoms with Gasteiger partial charge in [-0.3, -0.25) is 0 Å². The summed E-state index contributed by atoms with van der Waals surface area (Å²) in [5.74, 6) is 0.717. The number of halogens is 4. The monoisotopic (exact) mass is 483 g/mol. The molecular formula is C25H21F4N5O. The molecule has 1 saturated heterocycles. The molecule has 0 N–H and O–H groups in total. The van der Waals surface area contributed by atoms with E-state index < -0.39 is 23.6 Å². The van der Waals surface area contributed by atoms with E-state index in [0.29, 0.717) is 67.5 Å². The predicted molar refractivity (Wildman–Crippen MR) is 122 cm³/mol. The van der Waals surface area contributed by atoms with Crippen molar-refractivity contribution in [1.29, 1.82) is 0 Å². The van der Waals surface area contributed by atoms with Crippen LogP contribution in [0.25, 0.3) is 22.2 Å². The van der Waals surface area contributed by atoms with Crippen LogP contribution in [-0.4, -0.2) is 45.8 Å². The third-order valence-electron chi connectivity index (χ3n) is 6.67. The fourth-order valence-corrected chi connectivity index (χ4v) is 5.03. The van der Waals surface area contributed by atoms with Crippen molar-refractivity contribution >= 4 is 17.0 Å². The van der Waals surface area contributed by atoms with Crippen LogP contribution in [-0.2, 0) is 17.3 Å². The maximum atomic E-state index is 15.1. The molecule has 1 atom stereocenters. The number of ether oxygens (including phenoxy) is 1. The predicted octanol–water partition coefficient (Wildman–Crippen LogP) is 5.02. The van der Waals surface area contributed by atoms with E-state index in [-0.39, 0.29) is 11.1 Å². The molecule has 0 amide bonds. The van der Waals surface area contributed by atoms with E-state index in [0.717, 1.165) is 6.07 Å². The van der Waals surface area contributed by atoms with Crippen LogP contribution < -0.4 is 4.90 Å². The van der Waals surface area contributed by atoms with Crippen LogP contribution in [0.1, 0.15) is 29.4 Å². The van der Waals surface area contributed by atoms with E-state index in [1.165, 1.54) is 18.2 Å². The number of aryl methyl sites for hydroxylation is 1. The lowest BCUT2D eigenvalue weighted by atomic mass is 9.98. The molecule has 1 fully saturated rings. The highest BCUT2D eigenvalue weighted by Crippen LogP contribution is 2.42. The van der Waals surface area contributed by atoms with Crippen LogP contribution >= 0.6 is 0 Å². The van der Waals surface area contributed by atoms with Crippen molar-refractivity contribution in [3.63, 3.8) is 0 Å². The third kappa shape index (κ3) is 3.81. The minimum absolute atomic E-state index is 0.196. The normalized spacial score (nSPS) is 18.3. The number of rotatable bonds is 3. The first-order chi connectivity index (χ1) is 16.9. The molecule has 0 spiro atoms. The Labute approximate surface area is 198 Å². The van der Waals surface area contributed by atoms with E-state index in [4.69, 9.17) is 4.74 Å². The second-order valence-corrected chi connectivity index (χ2v) is 8.73. The van der Waals surface area contributed by atoms with Gasteiger partial charge in [0.2, 0.25) is 5.95 Å². The quantitative estimate of drug-likeness (QED) is 0.383. The van der Waals surface area contributed by atoms with Crippen molar-refractivity contribution in [3.05, 3.63) is 71.6 Å². The Morgan fingerprint density at radius 2 is 1.74 bits per heavy atom. The van der Waals surface area contributed by atoms with Crippen LogP contribution in [0.4, 0.5) is 23.5 Å². The van der Waals surface area contributed by atoms with Crippen LogP contribution in [0.2, 0.25) is 0 Å². The molecular weight excluding hydrogens is 462 g/mol. The minimum atomic E-state index is -4.47. The number of benzene rings is 2. The molecule has 2 aromatic heterocycles. The van der Waals surface area contributed by atoms with Gasteiger partial charge < -0.3 is 14.2 Å². The van der Waals surface area contributed by atoms with Crippen molar-refractivity contribution in [2.75, 3.05) is 31.2 Å². The largest absolute Gasteiger partial charge is 0.416 e. The zero-order valence-electron chi connectivity index (χ0n) is 18.6. The number of anilines is 1. The maximum absolute atomic E-state index is 15.1. The van der Waals surface area contributed by atoms with Gasteiger partial charge in [0.15, 0.2) is 0 Å². The molecule has 1 unspecified atom stereocenters. The van der Waals surface area contributed by atoms with Crippen molar-refractivity contribution in [2.45, 2.75) is 25.1 Å². The summed E-state index contributed by atoms with van der Waals surface area (Å²) in [6, 6.07) is 8.05. The fourth-order valence-electron chi connectivity index (χ4n) is 5.03. The van der Waals surface area contributed by atoms with Crippen molar-refractivity contribution in [1.82, 2.24) is 19.5 Å². The lowest BCUT2D eigenvalue weighted by molar-refractivity contribution is -0.138. The number of nitrogens with zero attached hydrogens (tertiary/aromatic N) is 5. The summed E-state index contributed by atoms with van der Waals surface area (Å²) in [7, 11) is 0. The van der Waals surface area contributed by atoms with Crippen LogP contribution in [0.3, 0.4) is 0 Å². The van der Waals surface area contributed by atoms with Crippen LogP contribution in [0, 0.1) is 5.82 Å². The first-order valence-electron chi connectivity index (χ1n) is 11.4. The molecule has 2 aliphatic heterocycles. The highest BCUT2D eigenvalue weighted by Gasteiger charge is 2.37. The maximum Gasteiger partial charge on any atom is 0.416 e. The Balaban J connectivity index is 1.41. The average Bonchev–Trinajstić information content (AvgIpc) is 3.43. The average molecular weight is 483 g/mol. The third-order valence-corrected chi connectivity index (χ3v) is 6.67. The lowest BCUT2D eigenvalue weighted by Crippen LogP contribution is -2.37. The van der Waals surface area contributed by atoms with Gasteiger partial charge in [0.25, 0.3) is 0 Å². The van der Waals surface area contributed by atoms with Gasteiger partial charge in [-0.1, -0.05) is 18.2 Å². The summed E-state index contributed by atoms with van der Waals surface area (Å²) >= 11 is 0. The second kappa shape index (κ2) is 8.30. The van der Waals surface area contributed by atoms with Crippen molar-refractivity contribution in [3.8, 4) is 11.1 Å². The van der Waals surface area contributed by atoms with E-state index in [1.54, 1.807) is 24.5 Å². The van der Waals surface area contributed by atoms with Gasteiger partial charge in [0.05, 0.1) is 35.9 Å². The molecule has 6 rings (SSSR count). The molecule has 4 heterocycles. The first kappa shape index (κ1) is 22.0. The molecule has 0 bridgehead atoms. The van der Waals surface area contributed by atoms with E-state index in [9.17, 15) is 13.2 Å². The van der Waals surface area contributed by atoms with Gasteiger partial charge in [-0.25, -0.2) is 19.3 Å². The van der Waals surface area contributed by atoms with Gasteiger partial charge in [0, 0.05) is 49.1 Å². The molecule has 35 heavy (non-hydrogen) atoms. The molecule has 6 nitrogen and oxygen atoms in total. The van der Waals surface area contributed by atoms with Gasteiger partial charge in [0.1, 0.15) is 11.6 Å². The SMILES string of the molecule is Fc1cc2nc3n(c2cc1-c1cnc(N2CCOCC2)nc1)C(c1ccccc1C(F)(F)F)CC3. The second-order valence-electron chi connectivity index (χ2n) is 8.73. The van der Waals surface area contributed by atoms with E-state index in [2.05, 4.69) is 15.0 Å². The number of imidazole rings is 1. The van der Waals surface area contributed by atoms with Gasteiger partial charge >= 0.3 is 6.18 Å². The van der Waals surface area contributed by atoms with E-state index in [1.807, 2.05) is 9.47 Å². The van der Waals surface area contributed by atoms with Crippen molar-refractivity contribution in [2.24, 2.45) is 0 Å². The summed E-state index contributed by atoms with van der Waals surface area (Å²) < 4.78 is 63.4. The van der Waals surface area contributed by atoms with Gasteiger partial charge in [-0.2, -0.15) is 13.2 Å². The zero-order valence-corrected chi connectivity index (χ0v) is 18.6. The fraction of sp³-hybridized carbons (Fsp3) is 0.320. The highest BCUT2D eigenvalue weighted by atomic mass is 19.4. The number of aromatic nitrogens is 4. The molecule has 4 aromatic rings. The zero-order chi connectivity index (χ0) is 24.2. The van der Waals surface area contributed by atoms with Crippen LogP contribution in [0.15, 0.2) is 48.8 Å². The summed E-state index contributed by atoms with van der Waals surface area (Å²) in [5, 5.41) is 0. The summed E-state index contributed by atoms with van der Waals surface area (Å²) in [6.45, 7) is 2.56. The number of morpholine rings is 1. The standard InChI is InChI=1S/C25H21F4N5O/c26-19-12-20-22(11-17(19)15-13-30-24(31-14-15)33-7-9-35-10-8-33)34-21(5-6-23(34)32-20)16-3-1-2-4-18(16)25(27,28)29/h1-4,11-14,21H,5-10H2. The number of fused-ring (bicyclic) bond motifs is 3. The molecule has 0 aliphatic carbocycles. The Kier molecular flexibility index (Phi) is 5.21. The summed E-state index contributed by atoms with van der Waals surface area (Å²) in [5.41, 5.74) is 1.32. The van der Waals surface area contributed by atoms with Crippen molar-refractivity contribution < 1.29 is 22.3 Å². The topological polar surface area (TPSA) is 56.1 Å². The first-order valence-corrected chi connectivity index (χ1v) is 11.4. The number of alkyl halides is 3. The number of hydrogen-bond acceptors (Lipinski definition) is 5. The van der Waals surface area contributed by atoms with E-state index >= 15 is 4.39 Å². The molecule has 180 valence electrons. The summed E-state index contributed by atoms with van der Waals surface area (Å²) in [4.78, 5) is 15.3. The molecule has 2 aliphatic rings. The molecule has 2 aromatic carbocycles.